The summed E-state index contributed by atoms with van der Waals surface area (Å²) in [7, 11) is 0. The molecule has 2 heterocycles. The van der Waals surface area contributed by atoms with Crippen LogP contribution >= 0.6 is 0 Å². The molecule has 3 N–H and O–H groups in total. The lowest BCUT2D eigenvalue weighted by atomic mass is 9.99. The molecule has 0 bridgehead atoms. The Morgan fingerprint density at radius 2 is 1.93 bits per heavy atom. The number of nitro benzene ring substituents is 1. The molecule has 10 nitrogen and oxygen atoms in total. The third-order valence-electron chi connectivity index (χ3n) is 4.88. The average Bonchev–Trinajstić information content (AvgIpc) is 3.21. The first kappa shape index (κ1) is 19.1. The van der Waals surface area contributed by atoms with E-state index >= 15 is 0 Å². The fourth-order valence-corrected chi connectivity index (χ4v) is 3.38. The van der Waals surface area contributed by atoms with Crippen LogP contribution in [-0.2, 0) is 6.54 Å². The number of aromatic amines is 1. The van der Waals surface area contributed by atoms with Crippen LogP contribution in [0.15, 0.2) is 69.3 Å². The zero-order valence-corrected chi connectivity index (χ0v) is 15.6. The second-order valence-electron chi connectivity index (χ2n) is 6.83. The maximum Gasteiger partial charge on any atom is 0.331 e. The van der Waals surface area contributed by atoms with Crippen molar-refractivity contribution in [1.29, 1.82) is 0 Å². The standard InChI is InChI=1S/C20H17N5O5/c26-18-17(19(27)24(20(28)21-18)11-12-5-2-1-3-6-12)16-10-15(22-23-16)13-7-4-8-14(9-13)25(29)30/h1-9,15,22,27H,10-11H2,(H,21,26,28)/t15-/m1/s1. The van der Waals surface area contributed by atoms with Gasteiger partial charge in [0.2, 0.25) is 5.88 Å². The molecule has 10 heteroatoms. The number of nitro groups is 1. The van der Waals surface area contributed by atoms with E-state index in [4.69, 9.17) is 0 Å². The molecule has 0 saturated carbocycles. The molecule has 0 amide bonds. The van der Waals surface area contributed by atoms with Gasteiger partial charge in [0.05, 0.1) is 23.2 Å². The second-order valence-corrected chi connectivity index (χ2v) is 6.83. The maximum atomic E-state index is 12.4. The topological polar surface area (TPSA) is 143 Å². The molecule has 152 valence electrons. The Morgan fingerprint density at radius 1 is 1.17 bits per heavy atom. The molecule has 1 aliphatic rings. The molecule has 1 aromatic heterocycles. The Labute approximate surface area is 169 Å². The highest BCUT2D eigenvalue weighted by Crippen LogP contribution is 2.28. The second kappa shape index (κ2) is 7.66. The number of nitrogens with one attached hydrogen (secondary N) is 2. The van der Waals surface area contributed by atoms with E-state index in [2.05, 4.69) is 15.5 Å². The van der Waals surface area contributed by atoms with Crippen LogP contribution in [0.5, 0.6) is 5.88 Å². The van der Waals surface area contributed by atoms with Crippen molar-refractivity contribution in [2.75, 3.05) is 0 Å². The molecule has 0 aliphatic carbocycles. The summed E-state index contributed by atoms with van der Waals surface area (Å²) >= 11 is 0. The Hall–Kier alpha value is -4.21. The quantitative estimate of drug-likeness (QED) is 0.433. The molecular formula is C20H17N5O5. The summed E-state index contributed by atoms with van der Waals surface area (Å²) in [6.07, 6.45) is 0.210. The molecule has 0 spiro atoms. The smallest absolute Gasteiger partial charge is 0.331 e. The number of aromatic hydroxyl groups is 1. The van der Waals surface area contributed by atoms with E-state index in [-0.39, 0.29) is 29.9 Å². The fourth-order valence-electron chi connectivity index (χ4n) is 3.38. The minimum atomic E-state index is -0.748. The van der Waals surface area contributed by atoms with Crippen molar-refractivity contribution in [3.8, 4) is 5.88 Å². The Kier molecular flexibility index (Phi) is 4.88. The number of H-pyrrole nitrogens is 1. The van der Waals surface area contributed by atoms with E-state index in [1.165, 1.54) is 12.1 Å². The fraction of sp³-hybridized carbons (Fsp3) is 0.150. The summed E-state index contributed by atoms with van der Waals surface area (Å²) < 4.78 is 1.06. The van der Waals surface area contributed by atoms with Gasteiger partial charge in [0.1, 0.15) is 5.56 Å². The molecule has 3 aromatic rings. The van der Waals surface area contributed by atoms with E-state index < -0.39 is 28.1 Å². The first-order valence-corrected chi connectivity index (χ1v) is 9.11. The highest BCUT2D eigenvalue weighted by atomic mass is 16.6. The molecular weight excluding hydrogens is 390 g/mol. The van der Waals surface area contributed by atoms with Crippen LogP contribution in [-0.4, -0.2) is 25.3 Å². The summed E-state index contributed by atoms with van der Waals surface area (Å²) in [6, 6.07) is 14.7. The molecule has 30 heavy (non-hydrogen) atoms. The largest absolute Gasteiger partial charge is 0.494 e. The van der Waals surface area contributed by atoms with E-state index in [0.29, 0.717) is 5.56 Å². The van der Waals surface area contributed by atoms with Crippen molar-refractivity contribution in [2.24, 2.45) is 5.10 Å². The van der Waals surface area contributed by atoms with Gasteiger partial charge in [-0.05, 0) is 11.1 Å². The molecule has 1 aliphatic heterocycles. The molecule has 4 rings (SSSR count). The van der Waals surface area contributed by atoms with Gasteiger partial charge in [0.15, 0.2) is 0 Å². The van der Waals surface area contributed by atoms with Crippen LogP contribution < -0.4 is 16.7 Å². The average molecular weight is 407 g/mol. The van der Waals surface area contributed by atoms with Crippen molar-refractivity contribution in [3.05, 3.63) is 102 Å². The SMILES string of the molecule is O=c1[nH]c(=O)n(Cc2ccccc2)c(O)c1C1=NN[C@@H](c2cccc([N+](=O)[O-])c2)C1. The van der Waals surface area contributed by atoms with Gasteiger partial charge in [0.25, 0.3) is 11.2 Å². The normalized spacial score (nSPS) is 15.5. The molecule has 0 unspecified atom stereocenters. The van der Waals surface area contributed by atoms with Crippen molar-refractivity contribution in [2.45, 2.75) is 19.0 Å². The summed E-state index contributed by atoms with van der Waals surface area (Å²) in [5, 5.41) is 25.8. The zero-order chi connectivity index (χ0) is 21.3. The summed E-state index contributed by atoms with van der Waals surface area (Å²) in [5.41, 5.74) is 2.85. The highest BCUT2D eigenvalue weighted by Gasteiger charge is 2.28. The summed E-state index contributed by atoms with van der Waals surface area (Å²) in [6.45, 7) is 0.0737. The van der Waals surface area contributed by atoms with Gasteiger partial charge in [0, 0.05) is 18.6 Å². The van der Waals surface area contributed by atoms with Crippen LogP contribution in [0.3, 0.4) is 0 Å². The molecule has 0 saturated heterocycles. The lowest BCUT2D eigenvalue weighted by Gasteiger charge is -2.12. The Bertz CT molecular complexity index is 1260. The third kappa shape index (κ3) is 3.58. The first-order chi connectivity index (χ1) is 14.4. The van der Waals surface area contributed by atoms with E-state index in [9.17, 15) is 24.8 Å². The zero-order valence-electron chi connectivity index (χ0n) is 15.6. The van der Waals surface area contributed by atoms with E-state index in [1.807, 2.05) is 6.07 Å². The Morgan fingerprint density at radius 3 is 2.67 bits per heavy atom. The van der Waals surface area contributed by atoms with E-state index in [1.54, 1.807) is 36.4 Å². The van der Waals surface area contributed by atoms with Crippen LogP contribution in [0.4, 0.5) is 5.69 Å². The van der Waals surface area contributed by atoms with Crippen LogP contribution in [0.2, 0.25) is 0 Å². The Balaban J connectivity index is 1.66. The minimum absolute atomic E-state index is 0.0557. The number of hydrogen-bond acceptors (Lipinski definition) is 7. The monoisotopic (exact) mass is 407 g/mol. The predicted octanol–water partition coefficient (Wildman–Crippen LogP) is 1.64. The van der Waals surface area contributed by atoms with Gasteiger partial charge in [-0.3, -0.25) is 24.5 Å². The third-order valence-corrected chi connectivity index (χ3v) is 4.88. The number of rotatable bonds is 5. The van der Waals surface area contributed by atoms with Crippen molar-refractivity contribution >= 4 is 11.4 Å². The predicted molar refractivity (Wildman–Crippen MR) is 109 cm³/mol. The minimum Gasteiger partial charge on any atom is -0.494 e. The van der Waals surface area contributed by atoms with Gasteiger partial charge in [-0.2, -0.15) is 5.10 Å². The van der Waals surface area contributed by atoms with Crippen molar-refractivity contribution in [3.63, 3.8) is 0 Å². The number of non-ortho nitro benzene ring substituents is 1. The van der Waals surface area contributed by atoms with Gasteiger partial charge in [-0.15, -0.1) is 0 Å². The highest BCUT2D eigenvalue weighted by molar-refractivity contribution is 6.03. The van der Waals surface area contributed by atoms with Gasteiger partial charge >= 0.3 is 5.69 Å². The number of benzene rings is 2. The lowest BCUT2D eigenvalue weighted by Crippen LogP contribution is -2.34. The van der Waals surface area contributed by atoms with Crippen LogP contribution in [0.25, 0.3) is 0 Å². The first-order valence-electron chi connectivity index (χ1n) is 9.11. The van der Waals surface area contributed by atoms with Crippen LogP contribution in [0.1, 0.15) is 29.2 Å². The number of hydrogen-bond donors (Lipinski definition) is 3. The molecule has 0 fully saturated rings. The van der Waals surface area contributed by atoms with Gasteiger partial charge < -0.3 is 10.5 Å². The number of hydrazone groups is 1. The maximum absolute atomic E-state index is 12.4. The van der Waals surface area contributed by atoms with Gasteiger partial charge in [-0.25, -0.2) is 4.79 Å². The number of aromatic nitrogens is 2. The summed E-state index contributed by atoms with van der Waals surface area (Å²) in [4.78, 5) is 37.4. The van der Waals surface area contributed by atoms with Crippen LogP contribution in [0, 0.1) is 10.1 Å². The number of nitrogens with zero attached hydrogens (tertiary/aromatic N) is 3. The molecule has 1 atom stereocenters. The van der Waals surface area contributed by atoms with E-state index in [0.717, 1.165) is 10.1 Å². The van der Waals surface area contributed by atoms with Crippen molar-refractivity contribution in [1.82, 2.24) is 15.0 Å². The molecule has 2 aromatic carbocycles. The summed E-state index contributed by atoms with van der Waals surface area (Å²) in [5.74, 6) is -0.479. The van der Waals surface area contributed by atoms with Gasteiger partial charge in [-0.1, -0.05) is 42.5 Å². The lowest BCUT2D eigenvalue weighted by molar-refractivity contribution is -0.384. The van der Waals surface area contributed by atoms with Crippen molar-refractivity contribution < 1.29 is 10.0 Å². The molecule has 0 radical (unpaired) electrons.